The van der Waals surface area contributed by atoms with Gasteiger partial charge in [0.05, 0.1) is 24.1 Å². The van der Waals surface area contributed by atoms with Crippen molar-refractivity contribution in [3.05, 3.63) is 41.2 Å². The zero-order valence-corrected chi connectivity index (χ0v) is 15.6. The van der Waals surface area contributed by atoms with Crippen LogP contribution in [0.2, 0.25) is 0 Å². The van der Waals surface area contributed by atoms with Crippen molar-refractivity contribution in [3.63, 3.8) is 0 Å². The molecule has 0 radical (unpaired) electrons. The monoisotopic (exact) mass is 426 g/mol. The Hall–Kier alpha value is -2.89. The maximum atomic E-state index is 13.7. The van der Waals surface area contributed by atoms with Crippen LogP contribution in [0.15, 0.2) is 34.8 Å². The van der Waals surface area contributed by atoms with Crippen molar-refractivity contribution < 1.29 is 20.0 Å². The van der Waals surface area contributed by atoms with Gasteiger partial charge in [-0.1, -0.05) is 0 Å². The van der Waals surface area contributed by atoms with E-state index in [0.29, 0.717) is 24.8 Å². The van der Waals surface area contributed by atoms with Crippen LogP contribution < -0.4 is 16.4 Å². The molecule has 30 heavy (non-hydrogen) atoms. The van der Waals surface area contributed by atoms with Crippen molar-refractivity contribution in [2.75, 3.05) is 6.50 Å². The molecule has 3 aliphatic rings. The molecule has 0 bridgehead atoms. The second-order valence-electron chi connectivity index (χ2n) is 7.63. The van der Waals surface area contributed by atoms with Crippen LogP contribution in [0.5, 0.6) is 0 Å². The Kier molecular flexibility index (Phi) is 2.98. The van der Waals surface area contributed by atoms with E-state index < -0.39 is 42.2 Å². The van der Waals surface area contributed by atoms with Gasteiger partial charge < -0.3 is 10.6 Å². The van der Waals surface area contributed by atoms with Gasteiger partial charge in [-0.2, -0.15) is 33.3 Å². The SMILES string of the molecule is [2H]C([2H])([2H])C([2H])([2H])NC1=C(C(F)(F)F)C=NC(N)(c2cc(C3(n4nccn4)CC3)nn2C2CC2)N1. The summed E-state index contributed by atoms with van der Waals surface area (Å²) in [6.07, 6.45) is 1.58. The molecule has 0 amide bonds. The lowest BCUT2D eigenvalue weighted by Gasteiger charge is -2.34. The van der Waals surface area contributed by atoms with Crippen LogP contribution in [0.3, 0.4) is 0 Å². The maximum Gasteiger partial charge on any atom is 0.421 e. The number of aliphatic imine (C=N–C) groups is 1. The topological polar surface area (TPSA) is 111 Å². The van der Waals surface area contributed by atoms with Gasteiger partial charge in [0.1, 0.15) is 22.6 Å². The Balaban J connectivity index is 1.55. The van der Waals surface area contributed by atoms with Crippen molar-refractivity contribution in [1.29, 1.82) is 0 Å². The highest BCUT2D eigenvalue weighted by Gasteiger charge is 2.52. The highest BCUT2D eigenvalue weighted by Crippen LogP contribution is 2.49. The van der Waals surface area contributed by atoms with Crippen LogP contribution in [0.25, 0.3) is 0 Å². The lowest BCUT2D eigenvalue weighted by atomic mass is 10.1. The van der Waals surface area contributed by atoms with Crippen LogP contribution in [0, 0.1) is 0 Å². The van der Waals surface area contributed by atoms with Gasteiger partial charge in [-0.05, 0) is 38.6 Å². The maximum absolute atomic E-state index is 13.7. The predicted molar refractivity (Wildman–Crippen MR) is 101 cm³/mol. The third-order valence-corrected chi connectivity index (χ3v) is 5.50. The molecule has 2 aliphatic carbocycles. The second kappa shape index (κ2) is 6.30. The summed E-state index contributed by atoms with van der Waals surface area (Å²) in [6, 6.07) is 1.60. The molecule has 2 fully saturated rings. The van der Waals surface area contributed by atoms with E-state index in [-0.39, 0.29) is 11.7 Å². The fraction of sp³-hybridized carbons (Fsp3) is 0.556. The number of alkyl halides is 3. The number of nitrogens with two attached hydrogens (primary N) is 1. The largest absolute Gasteiger partial charge is 0.421 e. The highest BCUT2D eigenvalue weighted by atomic mass is 19.4. The standard InChI is InChI=1S/C18H22F3N9/c1-2-23-15-12(17(19,20)21)10-24-18(22,27-15)14-9-13(28-29(14)11-3-4-11)16(5-6-16)30-25-7-8-26-30/h7-11,23,27H,2-6,22H2,1H3/i1D3,2D2. The first-order chi connectivity index (χ1) is 16.2. The van der Waals surface area contributed by atoms with Gasteiger partial charge in [0, 0.05) is 19.6 Å². The first-order valence-electron chi connectivity index (χ1n) is 11.9. The molecule has 1 atom stereocenters. The van der Waals surface area contributed by atoms with Crippen LogP contribution in [0.4, 0.5) is 13.2 Å². The number of nitrogens with one attached hydrogen (secondary N) is 2. The summed E-state index contributed by atoms with van der Waals surface area (Å²) >= 11 is 0. The van der Waals surface area contributed by atoms with Gasteiger partial charge in [-0.3, -0.25) is 10.4 Å². The molecule has 9 nitrogen and oxygen atoms in total. The van der Waals surface area contributed by atoms with E-state index in [4.69, 9.17) is 12.6 Å². The summed E-state index contributed by atoms with van der Waals surface area (Å²) < 4.78 is 80.3. The zero-order valence-electron chi connectivity index (χ0n) is 20.6. The quantitative estimate of drug-likeness (QED) is 0.645. The summed E-state index contributed by atoms with van der Waals surface area (Å²) in [6.45, 7) is -6.45. The van der Waals surface area contributed by atoms with Crippen LogP contribution in [-0.2, 0) is 11.3 Å². The molecule has 0 spiro atoms. The molecule has 0 saturated heterocycles. The summed E-state index contributed by atoms with van der Waals surface area (Å²) in [5.74, 6) is -2.92. The minimum absolute atomic E-state index is 0.0317. The first kappa shape index (κ1) is 14.2. The summed E-state index contributed by atoms with van der Waals surface area (Å²) in [7, 11) is 0. The average molecular weight is 426 g/mol. The lowest BCUT2D eigenvalue weighted by molar-refractivity contribution is -0.0876. The van der Waals surface area contributed by atoms with Crippen molar-refractivity contribution in [3.8, 4) is 0 Å². The smallest absolute Gasteiger partial charge is 0.372 e. The number of hydrogen-bond acceptors (Lipinski definition) is 7. The molecule has 12 heteroatoms. The second-order valence-corrected chi connectivity index (χ2v) is 7.63. The van der Waals surface area contributed by atoms with Gasteiger partial charge in [-0.25, -0.2) is 4.99 Å². The molecule has 1 aliphatic heterocycles. The Morgan fingerprint density at radius 1 is 1.37 bits per heavy atom. The summed E-state index contributed by atoms with van der Waals surface area (Å²) in [5.41, 5.74) is 5.30. The normalized spacial score (nSPS) is 28.7. The molecule has 4 N–H and O–H groups in total. The lowest BCUT2D eigenvalue weighted by Crippen LogP contribution is -2.55. The number of rotatable bonds is 6. The molecule has 3 heterocycles. The van der Waals surface area contributed by atoms with Crippen LogP contribution >= 0.6 is 0 Å². The molecule has 1 unspecified atom stereocenters. The molecule has 0 aromatic carbocycles. The van der Waals surface area contributed by atoms with Gasteiger partial charge in [-0.15, -0.1) is 0 Å². The Morgan fingerprint density at radius 2 is 2.10 bits per heavy atom. The van der Waals surface area contributed by atoms with E-state index >= 15 is 0 Å². The van der Waals surface area contributed by atoms with Crippen molar-refractivity contribution >= 4 is 6.21 Å². The van der Waals surface area contributed by atoms with E-state index in [9.17, 15) is 13.2 Å². The minimum Gasteiger partial charge on any atom is -0.372 e. The van der Waals surface area contributed by atoms with Crippen molar-refractivity contribution in [1.82, 2.24) is 35.4 Å². The van der Waals surface area contributed by atoms with Crippen molar-refractivity contribution in [2.24, 2.45) is 10.7 Å². The number of nitrogens with zero attached hydrogens (tertiary/aromatic N) is 6. The molecular formula is C18H22F3N9. The molecule has 2 saturated carbocycles. The fourth-order valence-electron chi connectivity index (χ4n) is 3.65. The molecule has 5 rings (SSSR count). The minimum atomic E-state index is -4.96. The van der Waals surface area contributed by atoms with E-state index in [0.717, 1.165) is 12.8 Å². The Labute approximate surface area is 177 Å². The highest BCUT2D eigenvalue weighted by molar-refractivity contribution is 5.82. The van der Waals surface area contributed by atoms with E-state index in [1.54, 1.807) is 10.7 Å². The van der Waals surface area contributed by atoms with Gasteiger partial charge in [0.25, 0.3) is 0 Å². The molecule has 160 valence electrons. The van der Waals surface area contributed by atoms with Crippen LogP contribution in [-0.4, -0.2) is 43.7 Å². The number of hydrogen-bond donors (Lipinski definition) is 3. The number of allylic oxidation sites excluding steroid dienone is 1. The van der Waals surface area contributed by atoms with Crippen molar-refractivity contribution in [2.45, 2.75) is 56.1 Å². The number of halogens is 3. The van der Waals surface area contributed by atoms with Gasteiger partial charge in [0.15, 0.2) is 0 Å². The summed E-state index contributed by atoms with van der Waals surface area (Å²) in [5, 5.41) is 17.4. The van der Waals surface area contributed by atoms with E-state index in [1.807, 2.05) is 5.32 Å². The third kappa shape index (κ3) is 2.97. The van der Waals surface area contributed by atoms with E-state index in [1.165, 1.54) is 17.2 Å². The Morgan fingerprint density at radius 3 is 2.70 bits per heavy atom. The zero-order chi connectivity index (χ0) is 25.4. The van der Waals surface area contributed by atoms with E-state index in [2.05, 4.69) is 25.6 Å². The molecule has 2 aromatic heterocycles. The average Bonchev–Trinajstić information content (AvgIpc) is 3.63. The number of aromatic nitrogens is 5. The first-order valence-corrected chi connectivity index (χ1v) is 9.36. The summed E-state index contributed by atoms with van der Waals surface area (Å²) in [4.78, 5) is 5.47. The van der Waals surface area contributed by atoms with Crippen LogP contribution in [0.1, 0.15) is 56.8 Å². The third-order valence-electron chi connectivity index (χ3n) is 5.50. The Bertz CT molecular complexity index is 1190. The molecule has 2 aromatic rings. The fourth-order valence-corrected chi connectivity index (χ4v) is 3.65. The molecular weight excluding hydrogens is 399 g/mol. The predicted octanol–water partition coefficient (Wildman–Crippen LogP) is 1.47. The van der Waals surface area contributed by atoms with Gasteiger partial charge >= 0.3 is 6.18 Å². The van der Waals surface area contributed by atoms with Gasteiger partial charge in [0.2, 0.25) is 5.79 Å².